The number of sulfonamides is 1. The Morgan fingerprint density at radius 1 is 1.23 bits per heavy atom. The monoisotopic (exact) mass is 377 g/mol. The van der Waals surface area contributed by atoms with Gasteiger partial charge in [0.15, 0.2) is 0 Å². The molecule has 7 heteroatoms. The molecule has 0 aliphatic heterocycles. The van der Waals surface area contributed by atoms with Gasteiger partial charge in [0, 0.05) is 36.2 Å². The normalized spacial score (nSPS) is 16.2. The van der Waals surface area contributed by atoms with Gasteiger partial charge in [-0.05, 0) is 24.5 Å². The Balaban J connectivity index is 1.54. The Kier molecular flexibility index (Phi) is 5.98. The van der Waals surface area contributed by atoms with Crippen molar-refractivity contribution in [3.05, 3.63) is 36.0 Å². The molecular formula is C19H27N3O3S. The lowest BCUT2D eigenvalue weighted by atomic mass is 9.95. The summed E-state index contributed by atoms with van der Waals surface area (Å²) in [6.07, 6.45) is 8.55. The third kappa shape index (κ3) is 4.65. The van der Waals surface area contributed by atoms with Crippen molar-refractivity contribution in [1.29, 1.82) is 0 Å². The molecule has 1 saturated carbocycles. The van der Waals surface area contributed by atoms with E-state index in [1.54, 1.807) is 4.31 Å². The number of benzene rings is 1. The average Bonchev–Trinajstić information content (AvgIpc) is 3.01. The molecule has 1 amide bonds. The van der Waals surface area contributed by atoms with E-state index in [0.29, 0.717) is 13.1 Å². The van der Waals surface area contributed by atoms with Crippen LogP contribution < -0.4 is 5.32 Å². The fraction of sp³-hybridized carbons (Fsp3) is 0.526. The number of fused-ring (bicyclic) bond motifs is 1. The van der Waals surface area contributed by atoms with E-state index in [4.69, 9.17) is 0 Å². The Bertz CT molecular complexity index is 854. The van der Waals surface area contributed by atoms with Crippen molar-refractivity contribution in [3.8, 4) is 0 Å². The highest BCUT2D eigenvalue weighted by Gasteiger charge is 2.27. The fourth-order valence-corrected chi connectivity index (χ4v) is 4.98. The lowest BCUT2D eigenvalue weighted by molar-refractivity contribution is -0.120. The van der Waals surface area contributed by atoms with Crippen LogP contribution in [0, 0.1) is 0 Å². The van der Waals surface area contributed by atoms with E-state index in [2.05, 4.69) is 10.3 Å². The highest BCUT2D eigenvalue weighted by atomic mass is 32.2. The van der Waals surface area contributed by atoms with E-state index in [9.17, 15) is 13.2 Å². The first-order chi connectivity index (χ1) is 12.4. The van der Waals surface area contributed by atoms with Gasteiger partial charge in [0.25, 0.3) is 0 Å². The van der Waals surface area contributed by atoms with Crippen LogP contribution >= 0.6 is 0 Å². The number of nitrogens with zero attached hydrogens (tertiary/aromatic N) is 1. The molecule has 0 atom stereocenters. The number of hydrogen-bond donors (Lipinski definition) is 2. The molecule has 2 aromatic rings. The summed E-state index contributed by atoms with van der Waals surface area (Å²) in [4.78, 5) is 15.4. The van der Waals surface area contributed by atoms with E-state index in [1.807, 2.05) is 30.5 Å². The van der Waals surface area contributed by atoms with E-state index < -0.39 is 10.0 Å². The van der Waals surface area contributed by atoms with Crippen molar-refractivity contribution >= 4 is 26.8 Å². The predicted octanol–water partition coefficient (Wildman–Crippen LogP) is 2.42. The van der Waals surface area contributed by atoms with Gasteiger partial charge in [-0.3, -0.25) is 4.79 Å². The zero-order valence-corrected chi connectivity index (χ0v) is 16.0. The molecule has 3 rings (SSSR count). The van der Waals surface area contributed by atoms with Crippen molar-refractivity contribution in [1.82, 2.24) is 14.6 Å². The second-order valence-electron chi connectivity index (χ2n) is 7.05. The summed E-state index contributed by atoms with van der Waals surface area (Å²) < 4.78 is 25.8. The Morgan fingerprint density at radius 2 is 1.96 bits per heavy atom. The maximum atomic E-state index is 12.3. The lowest BCUT2D eigenvalue weighted by Crippen LogP contribution is -2.45. The molecule has 0 spiro atoms. The number of para-hydroxylation sites is 1. The van der Waals surface area contributed by atoms with Gasteiger partial charge in [-0.15, -0.1) is 0 Å². The standard InChI is InChI=1S/C19H27N3O3S/c1-26(24,25)22(16-7-3-2-4-8-16)12-11-20-19(23)13-15-14-21-18-10-6-5-9-17(15)18/h5-6,9-10,14,16,21H,2-4,7-8,11-13H2,1H3,(H,20,23). The van der Waals surface area contributed by atoms with Crippen LogP contribution in [0.5, 0.6) is 0 Å². The molecule has 1 aliphatic carbocycles. The smallest absolute Gasteiger partial charge is 0.224 e. The number of aromatic amines is 1. The quantitative estimate of drug-likeness (QED) is 0.777. The summed E-state index contributed by atoms with van der Waals surface area (Å²) in [6.45, 7) is 0.674. The van der Waals surface area contributed by atoms with Crippen LogP contribution in [-0.2, 0) is 21.2 Å². The van der Waals surface area contributed by atoms with Gasteiger partial charge >= 0.3 is 0 Å². The molecule has 6 nitrogen and oxygen atoms in total. The van der Waals surface area contributed by atoms with Crippen LogP contribution in [0.1, 0.15) is 37.7 Å². The maximum absolute atomic E-state index is 12.3. The topological polar surface area (TPSA) is 82.3 Å². The van der Waals surface area contributed by atoms with Gasteiger partial charge in [0.1, 0.15) is 0 Å². The third-order valence-corrected chi connectivity index (χ3v) is 6.42. The highest BCUT2D eigenvalue weighted by molar-refractivity contribution is 7.88. The van der Waals surface area contributed by atoms with Crippen molar-refractivity contribution in [2.45, 2.75) is 44.6 Å². The number of aromatic nitrogens is 1. The van der Waals surface area contributed by atoms with Crippen LogP contribution in [0.3, 0.4) is 0 Å². The first-order valence-corrected chi connectivity index (χ1v) is 11.1. The molecule has 0 radical (unpaired) electrons. The molecule has 1 aromatic heterocycles. The predicted molar refractivity (Wildman–Crippen MR) is 103 cm³/mol. The number of H-pyrrole nitrogens is 1. The van der Waals surface area contributed by atoms with Gasteiger partial charge in [0.05, 0.1) is 12.7 Å². The number of rotatable bonds is 7. The minimum atomic E-state index is -3.26. The summed E-state index contributed by atoms with van der Waals surface area (Å²) in [5.41, 5.74) is 1.96. The summed E-state index contributed by atoms with van der Waals surface area (Å²) >= 11 is 0. The van der Waals surface area contributed by atoms with Crippen molar-refractivity contribution in [2.75, 3.05) is 19.3 Å². The molecular weight excluding hydrogens is 350 g/mol. The molecule has 1 fully saturated rings. The molecule has 142 valence electrons. The molecule has 0 unspecified atom stereocenters. The van der Waals surface area contributed by atoms with Crippen LogP contribution in [0.2, 0.25) is 0 Å². The van der Waals surface area contributed by atoms with Crippen LogP contribution in [0.25, 0.3) is 10.9 Å². The van der Waals surface area contributed by atoms with E-state index in [-0.39, 0.29) is 18.4 Å². The van der Waals surface area contributed by atoms with Gasteiger partial charge in [0.2, 0.25) is 15.9 Å². The number of amides is 1. The van der Waals surface area contributed by atoms with E-state index in [0.717, 1.165) is 42.1 Å². The highest BCUT2D eigenvalue weighted by Crippen LogP contribution is 2.24. The van der Waals surface area contributed by atoms with Crippen LogP contribution in [0.4, 0.5) is 0 Å². The summed E-state index contributed by atoms with van der Waals surface area (Å²) in [5.74, 6) is -0.0909. The Labute approximate surface area is 155 Å². The molecule has 26 heavy (non-hydrogen) atoms. The zero-order valence-electron chi connectivity index (χ0n) is 15.2. The van der Waals surface area contributed by atoms with Gasteiger partial charge < -0.3 is 10.3 Å². The Morgan fingerprint density at radius 3 is 2.69 bits per heavy atom. The zero-order chi connectivity index (χ0) is 18.6. The van der Waals surface area contributed by atoms with E-state index >= 15 is 0 Å². The van der Waals surface area contributed by atoms with Crippen molar-refractivity contribution in [2.24, 2.45) is 0 Å². The largest absolute Gasteiger partial charge is 0.361 e. The molecule has 0 bridgehead atoms. The number of carbonyl (C=O) groups excluding carboxylic acids is 1. The van der Waals surface area contributed by atoms with Crippen molar-refractivity contribution < 1.29 is 13.2 Å². The summed E-state index contributed by atoms with van der Waals surface area (Å²) in [7, 11) is -3.26. The van der Waals surface area contributed by atoms with Crippen LogP contribution in [0.15, 0.2) is 30.5 Å². The third-order valence-electron chi connectivity index (χ3n) is 5.09. The number of hydrogen-bond acceptors (Lipinski definition) is 3. The minimum absolute atomic E-state index is 0.0734. The summed E-state index contributed by atoms with van der Waals surface area (Å²) in [5, 5.41) is 3.91. The fourth-order valence-electron chi connectivity index (χ4n) is 3.81. The van der Waals surface area contributed by atoms with Gasteiger partial charge in [-0.1, -0.05) is 37.5 Å². The molecule has 0 saturated heterocycles. The first kappa shape index (κ1) is 18.9. The second kappa shape index (κ2) is 8.22. The SMILES string of the molecule is CS(=O)(=O)N(CCNC(=O)Cc1c[nH]c2ccccc12)C1CCCCC1. The Hall–Kier alpha value is -1.86. The lowest BCUT2D eigenvalue weighted by Gasteiger charge is -2.32. The average molecular weight is 378 g/mol. The van der Waals surface area contributed by atoms with Crippen LogP contribution in [-0.4, -0.2) is 49.0 Å². The van der Waals surface area contributed by atoms with Crippen molar-refractivity contribution in [3.63, 3.8) is 0 Å². The molecule has 2 N–H and O–H groups in total. The minimum Gasteiger partial charge on any atom is -0.361 e. The van der Waals surface area contributed by atoms with Gasteiger partial charge in [-0.25, -0.2) is 8.42 Å². The van der Waals surface area contributed by atoms with E-state index in [1.165, 1.54) is 12.7 Å². The molecule has 1 heterocycles. The summed E-state index contributed by atoms with van der Waals surface area (Å²) in [6, 6.07) is 7.94. The first-order valence-electron chi connectivity index (χ1n) is 9.23. The maximum Gasteiger partial charge on any atom is 0.224 e. The number of nitrogens with one attached hydrogen (secondary N) is 2. The van der Waals surface area contributed by atoms with Gasteiger partial charge in [-0.2, -0.15) is 4.31 Å². The molecule has 1 aromatic carbocycles. The molecule has 1 aliphatic rings. The number of carbonyl (C=O) groups is 1. The second-order valence-corrected chi connectivity index (χ2v) is 8.99.